The SMILES string of the molecule is CC(CCl)S(=O)(=O)N1CCc2ccccc21. The molecular weight excluding hydrogens is 246 g/mol. The van der Waals surface area contributed by atoms with Gasteiger partial charge in [0.2, 0.25) is 10.0 Å². The van der Waals surface area contributed by atoms with E-state index in [2.05, 4.69) is 0 Å². The minimum absolute atomic E-state index is 0.126. The minimum Gasteiger partial charge on any atom is -0.269 e. The summed E-state index contributed by atoms with van der Waals surface area (Å²) in [7, 11) is -3.30. The van der Waals surface area contributed by atoms with Crippen LogP contribution in [0.4, 0.5) is 5.69 Å². The highest BCUT2D eigenvalue weighted by molar-refractivity contribution is 7.93. The van der Waals surface area contributed by atoms with Gasteiger partial charge in [0.05, 0.1) is 10.9 Å². The maximum atomic E-state index is 12.2. The molecule has 1 atom stereocenters. The summed E-state index contributed by atoms with van der Waals surface area (Å²) in [5.74, 6) is 0.126. The Bertz CT molecular complexity index is 487. The second-order valence-electron chi connectivity index (χ2n) is 3.96. The van der Waals surface area contributed by atoms with Crippen LogP contribution in [0.15, 0.2) is 24.3 Å². The van der Waals surface area contributed by atoms with Gasteiger partial charge in [-0.15, -0.1) is 11.6 Å². The van der Waals surface area contributed by atoms with Crippen LogP contribution in [-0.2, 0) is 16.4 Å². The number of hydrogen-bond donors (Lipinski definition) is 0. The van der Waals surface area contributed by atoms with Crippen LogP contribution in [0.2, 0.25) is 0 Å². The van der Waals surface area contributed by atoms with Gasteiger partial charge in [0.25, 0.3) is 0 Å². The van der Waals surface area contributed by atoms with Crippen molar-refractivity contribution in [2.24, 2.45) is 0 Å². The third kappa shape index (κ3) is 1.80. The van der Waals surface area contributed by atoms with Gasteiger partial charge in [-0.25, -0.2) is 8.42 Å². The van der Waals surface area contributed by atoms with Gasteiger partial charge in [-0.3, -0.25) is 4.31 Å². The Morgan fingerprint density at radius 3 is 2.81 bits per heavy atom. The van der Waals surface area contributed by atoms with Crippen LogP contribution < -0.4 is 4.31 Å². The molecular formula is C11H14ClNO2S. The number of fused-ring (bicyclic) bond motifs is 1. The monoisotopic (exact) mass is 259 g/mol. The number of hydrogen-bond acceptors (Lipinski definition) is 2. The Labute approximate surface area is 101 Å². The standard InChI is InChI=1S/C11H14ClNO2S/c1-9(8-12)16(14,15)13-7-6-10-4-2-3-5-11(10)13/h2-5,9H,6-8H2,1H3. The zero-order chi connectivity index (χ0) is 11.8. The lowest BCUT2D eigenvalue weighted by Crippen LogP contribution is -2.37. The van der Waals surface area contributed by atoms with Gasteiger partial charge in [0.15, 0.2) is 0 Å². The van der Waals surface area contributed by atoms with E-state index < -0.39 is 15.3 Å². The molecule has 5 heteroatoms. The molecule has 0 saturated carbocycles. The number of nitrogens with zero attached hydrogens (tertiary/aromatic N) is 1. The number of para-hydroxylation sites is 1. The molecule has 0 aliphatic carbocycles. The lowest BCUT2D eigenvalue weighted by Gasteiger charge is -2.22. The molecule has 0 saturated heterocycles. The van der Waals surface area contributed by atoms with Crippen molar-refractivity contribution in [3.05, 3.63) is 29.8 Å². The molecule has 1 heterocycles. The molecule has 0 bridgehead atoms. The summed E-state index contributed by atoms with van der Waals surface area (Å²) in [6.45, 7) is 2.17. The van der Waals surface area contributed by atoms with Gasteiger partial charge in [-0.1, -0.05) is 18.2 Å². The number of sulfonamides is 1. The highest BCUT2D eigenvalue weighted by Gasteiger charge is 2.32. The molecule has 2 rings (SSSR count). The van der Waals surface area contributed by atoms with Crippen LogP contribution in [0.1, 0.15) is 12.5 Å². The summed E-state index contributed by atoms with van der Waals surface area (Å²) in [4.78, 5) is 0. The number of anilines is 1. The molecule has 1 aliphatic rings. The van der Waals surface area contributed by atoms with E-state index in [1.54, 1.807) is 6.92 Å². The van der Waals surface area contributed by atoms with Crippen LogP contribution in [0, 0.1) is 0 Å². The normalized spacial score (nSPS) is 17.2. The van der Waals surface area contributed by atoms with E-state index in [0.717, 1.165) is 17.7 Å². The zero-order valence-electron chi connectivity index (χ0n) is 9.06. The number of alkyl halides is 1. The van der Waals surface area contributed by atoms with Crippen LogP contribution >= 0.6 is 11.6 Å². The molecule has 0 radical (unpaired) electrons. The average Bonchev–Trinajstić information content (AvgIpc) is 2.72. The van der Waals surface area contributed by atoms with Crippen molar-refractivity contribution in [2.75, 3.05) is 16.7 Å². The van der Waals surface area contributed by atoms with Crippen molar-refractivity contribution >= 4 is 27.3 Å². The number of benzene rings is 1. The van der Waals surface area contributed by atoms with Crippen LogP contribution in [0.25, 0.3) is 0 Å². The van der Waals surface area contributed by atoms with E-state index in [9.17, 15) is 8.42 Å². The fraction of sp³-hybridized carbons (Fsp3) is 0.455. The van der Waals surface area contributed by atoms with Gasteiger partial charge in [-0.05, 0) is 25.0 Å². The van der Waals surface area contributed by atoms with Crippen molar-refractivity contribution < 1.29 is 8.42 Å². The molecule has 1 unspecified atom stereocenters. The van der Waals surface area contributed by atoms with Crippen LogP contribution in [0.3, 0.4) is 0 Å². The number of rotatable bonds is 3. The van der Waals surface area contributed by atoms with E-state index in [0.29, 0.717) is 6.54 Å². The number of halogens is 1. The van der Waals surface area contributed by atoms with Crippen molar-refractivity contribution in [1.29, 1.82) is 0 Å². The average molecular weight is 260 g/mol. The predicted molar refractivity (Wildman–Crippen MR) is 66.6 cm³/mol. The van der Waals surface area contributed by atoms with E-state index in [1.807, 2.05) is 24.3 Å². The van der Waals surface area contributed by atoms with Gasteiger partial charge in [0.1, 0.15) is 0 Å². The summed E-state index contributed by atoms with van der Waals surface area (Å²) in [6.07, 6.45) is 0.782. The smallest absolute Gasteiger partial charge is 0.238 e. The summed E-state index contributed by atoms with van der Waals surface area (Å²) >= 11 is 5.64. The summed E-state index contributed by atoms with van der Waals surface area (Å²) in [6, 6.07) is 7.61. The molecule has 0 aromatic heterocycles. The van der Waals surface area contributed by atoms with Crippen molar-refractivity contribution in [1.82, 2.24) is 0 Å². The van der Waals surface area contributed by atoms with E-state index in [-0.39, 0.29) is 5.88 Å². The minimum atomic E-state index is -3.30. The second kappa shape index (κ2) is 4.26. The molecule has 1 aromatic rings. The molecule has 88 valence electrons. The Morgan fingerprint density at radius 2 is 2.12 bits per heavy atom. The van der Waals surface area contributed by atoms with Crippen LogP contribution in [0.5, 0.6) is 0 Å². The lowest BCUT2D eigenvalue weighted by atomic mass is 10.2. The molecule has 0 fully saturated rings. The largest absolute Gasteiger partial charge is 0.269 e. The summed E-state index contributed by atoms with van der Waals surface area (Å²) in [5, 5.41) is -0.541. The first-order valence-electron chi connectivity index (χ1n) is 5.23. The topological polar surface area (TPSA) is 37.4 Å². The first kappa shape index (κ1) is 11.7. The predicted octanol–water partition coefficient (Wildman–Crippen LogP) is 2.01. The van der Waals surface area contributed by atoms with E-state index >= 15 is 0 Å². The van der Waals surface area contributed by atoms with Crippen molar-refractivity contribution in [2.45, 2.75) is 18.6 Å². The highest BCUT2D eigenvalue weighted by atomic mass is 35.5. The van der Waals surface area contributed by atoms with Gasteiger partial charge in [0, 0.05) is 12.4 Å². The Morgan fingerprint density at radius 1 is 1.44 bits per heavy atom. The van der Waals surface area contributed by atoms with Gasteiger partial charge >= 0.3 is 0 Å². The third-order valence-corrected chi connectivity index (χ3v) is 5.70. The Balaban J connectivity index is 2.39. The molecule has 0 amide bonds. The maximum Gasteiger partial charge on any atom is 0.238 e. The molecule has 1 aromatic carbocycles. The van der Waals surface area contributed by atoms with Gasteiger partial charge < -0.3 is 0 Å². The molecule has 16 heavy (non-hydrogen) atoms. The summed E-state index contributed by atoms with van der Waals surface area (Å²) in [5.41, 5.74) is 1.90. The first-order valence-corrected chi connectivity index (χ1v) is 7.26. The Kier molecular flexibility index (Phi) is 3.13. The highest BCUT2D eigenvalue weighted by Crippen LogP contribution is 2.31. The molecule has 0 spiro atoms. The quantitative estimate of drug-likeness (QED) is 0.779. The van der Waals surface area contributed by atoms with E-state index in [4.69, 9.17) is 11.6 Å². The maximum absolute atomic E-state index is 12.2. The van der Waals surface area contributed by atoms with Crippen LogP contribution in [-0.4, -0.2) is 26.1 Å². The molecule has 3 nitrogen and oxygen atoms in total. The van der Waals surface area contributed by atoms with E-state index in [1.165, 1.54) is 4.31 Å². The first-order chi connectivity index (χ1) is 7.57. The Hall–Kier alpha value is -0.740. The van der Waals surface area contributed by atoms with Gasteiger partial charge in [-0.2, -0.15) is 0 Å². The third-order valence-electron chi connectivity index (χ3n) is 2.88. The molecule has 0 N–H and O–H groups in total. The van der Waals surface area contributed by atoms with Crippen molar-refractivity contribution in [3.8, 4) is 0 Å². The molecule has 1 aliphatic heterocycles. The van der Waals surface area contributed by atoms with Crippen molar-refractivity contribution in [3.63, 3.8) is 0 Å². The fourth-order valence-corrected chi connectivity index (χ4v) is 3.74. The second-order valence-corrected chi connectivity index (χ2v) is 6.54. The summed E-state index contributed by atoms with van der Waals surface area (Å²) < 4.78 is 25.8. The fourth-order valence-electron chi connectivity index (χ4n) is 1.87. The lowest BCUT2D eigenvalue weighted by molar-refractivity contribution is 0.584. The zero-order valence-corrected chi connectivity index (χ0v) is 10.6.